The number of benzene rings is 1. The van der Waals surface area contributed by atoms with Gasteiger partial charge < -0.3 is 21.1 Å². The van der Waals surface area contributed by atoms with Gasteiger partial charge in [-0.2, -0.15) is 0 Å². The number of esters is 1. The van der Waals surface area contributed by atoms with Crippen molar-refractivity contribution >= 4 is 17.8 Å². The van der Waals surface area contributed by atoms with E-state index in [1.54, 1.807) is 13.8 Å². The molecule has 0 aliphatic carbocycles. The second-order valence-electron chi connectivity index (χ2n) is 6.28. The highest BCUT2D eigenvalue weighted by Crippen LogP contribution is 2.05. The summed E-state index contributed by atoms with van der Waals surface area (Å²) in [5.41, 5.74) is 6.84. The van der Waals surface area contributed by atoms with Gasteiger partial charge in [0.1, 0.15) is 12.1 Å². The van der Waals surface area contributed by atoms with Gasteiger partial charge in [-0.3, -0.25) is 9.59 Å². The van der Waals surface area contributed by atoms with E-state index < -0.39 is 35.9 Å². The van der Waals surface area contributed by atoms with Gasteiger partial charge in [0.05, 0.1) is 13.2 Å². The number of ether oxygens (including phenoxy) is 1. The lowest BCUT2D eigenvalue weighted by atomic mass is 10.0. The molecule has 7 heteroatoms. The molecule has 0 radical (unpaired) electrons. The highest BCUT2D eigenvalue weighted by atomic mass is 16.5. The number of hydrogen-bond donors (Lipinski definition) is 3. The lowest BCUT2D eigenvalue weighted by Gasteiger charge is -2.23. The molecule has 7 nitrogen and oxygen atoms in total. The first-order chi connectivity index (χ1) is 11.8. The monoisotopic (exact) mass is 349 g/mol. The number of nitrogens with two attached hydrogens (primary N) is 1. The SMILES string of the molecule is COC(=O)[C@@H](NC(=O)[C@H](C)NC(=O)[C@@H](N)Cc1ccccc1)C(C)C. The van der Waals surface area contributed by atoms with E-state index in [1.807, 2.05) is 30.3 Å². The average Bonchev–Trinajstić information content (AvgIpc) is 2.59. The zero-order valence-corrected chi connectivity index (χ0v) is 15.1. The normalized spacial score (nSPS) is 14.3. The van der Waals surface area contributed by atoms with Gasteiger partial charge in [0, 0.05) is 0 Å². The van der Waals surface area contributed by atoms with Gasteiger partial charge in [0.25, 0.3) is 0 Å². The summed E-state index contributed by atoms with van der Waals surface area (Å²) in [7, 11) is 1.26. The molecule has 0 saturated heterocycles. The summed E-state index contributed by atoms with van der Waals surface area (Å²) in [6, 6.07) is 7.03. The molecule has 4 N–H and O–H groups in total. The number of amides is 2. The zero-order chi connectivity index (χ0) is 19.0. The Bertz CT molecular complexity index is 589. The third-order valence-electron chi connectivity index (χ3n) is 3.81. The van der Waals surface area contributed by atoms with Crippen LogP contribution in [0.15, 0.2) is 30.3 Å². The topological polar surface area (TPSA) is 111 Å². The van der Waals surface area contributed by atoms with Gasteiger partial charge in [0.15, 0.2) is 0 Å². The largest absolute Gasteiger partial charge is 0.467 e. The molecule has 25 heavy (non-hydrogen) atoms. The summed E-state index contributed by atoms with van der Waals surface area (Å²) in [4.78, 5) is 36.1. The number of carbonyl (C=O) groups excluding carboxylic acids is 3. The number of rotatable bonds is 8. The highest BCUT2D eigenvalue weighted by molar-refractivity contribution is 5.91. The van der Waals surface area contributed by atoms with Crippen molar-refractivity contribution in [2.24, 2.45) is 11.7 Å². The molecular weight excluding hydrogens is 322 g/mol. The fraction of sp³-hybridized carbons (Fsp3) is 0.500. The van der Waals surface area contributed by atoms with E-state index in [0.29, 0.717) is 6.42 Å². The van der Waals surface area contributed by atoms with Crippen LogP contribution in [0.4, 0.5) is 0 Å². The predicted molar refractivity (Wildman–Crippen MR) is 94.5 cm³/mol. The molecule has 0 aliphatic heterocycles. The van der Waals surface area contributed by atoms with E-state index in [0.717, 1.165) is 5.56 Å². The van der Waals surface area contributed by atoms with Crippen molar-refractivity contribution in [2.75, 3.05) is 7.11 Å². The minimum atomic E-state index is -0.819. The van der Waals surface area contributed by atoms with Crippen molar-refractivity contribution in [3.8, 4) is 0 Å². The first-order valence-electron chi connectivity index (χ1n) is 8.24. The van der Waals surface area contributed by atoms with Crippen molar-refractivity contribution in [2.45, 2.75) is 45.3 Å². The van der Waals surface area contributed by atoms with Crippen LogP contribution in [0.2, 0.25) is 0 Å². The fourth-order valence-electron chi connectivity index (χ4n) is 2.25. The Labute approximate surface area is 148 Å². The second kappa shape index (κ2) is 9.78. The van der Waals surface area contributed by atoms with E-state index in [1.165, 1.54) is 14.0 Å². The van der Waals surface area contributed by atoms with E-state index in [9.17, 15) is 14.4 Å². The molecule has 0 bridgehead atoms. The number of methoxy groups -OCH3 is 1. The van der Waals surface area contributed by atoms with Crippen molar-refractivity contribution < 1.29 is 19.1 Å². The molecule has 2 amide bonds. The van der Waals surface area contributed by atoms with E-state index in [-0.39, 0.29) is 5.92 Å². The minimum absolute atomic E-state index is 0.139. The Morgan fingerprint density at radius 3 is 2.16 bits per heavy atom. The van der Waals surface area contributed by atoms with Crippen LogP contribution in [0.25, 0.3) is 0 Å². The van der Waals surface area contributed by atoms with Crippen molar-refractivity contribution in [3.63, 3.8) is 0 Å². The van der Waals surface area contributed by atoms with Crippen LogP contribution in [0.5, 0.6) is 0 Å². The van der Waals surface area contributed by atoms with Gasteiger partial charge in [-0.25, -0.2) is 4.79 Å². The summed E-state index contributed by atoms with van der Waals surface area (Å²) in [5.74, 6) is -1.56. The van der Waals surface area contributed by atoms with Gasteiger partial charge in [0.2, 0.25) is 11.8 Å². The van der Waals surface area contributed by atoms with Gasteiger partial charge in [-0.15, -0.1) is 0 Å². The van der Waals surface area contributed by atoms with Crippen molar-refractivity contribution in [3.05, 3.63) is 35.9 Å². The number of nitrogens with one attached hydrogen (secondary N) is 2. The summed E-state index contributed by atoms with van der Waals surface area (Å²) in [5, 5.41) is 5.16. The molecule has 138 valence electrons. The quantitative estimate of drug-likeness (QED) is 0.588. The molecule has 3 atom stereocenters. The number of hydrogen-bond acceptors (Lipinski definition) is 5. The molecule has 0 aliphatic rings. The van der Waals surface area contributed by atoms with Crippen LogP contribution in [0.3, 0.4) is 0 Å². The Hall–Kier alpha value is -2.41. The van der Waals surface area contributed by atoms with E-state index >= 15 is 0 Å². The highest BCUT2D eigenvalue weighted by Gasteiger charge is 2.28. The van der Waals surface area contributed by atoms with Gasteiger partial charge in [-0.1, -0.05) is 44.2 Å². The number of carbonyl (C=O) groups is 3. The van der Waals surface area contributed by atoms with Crippen molar-refractivity contribution in [1.29, 1.82) is 0 Å². The first kappa shape index (κ1) is 20.6. The van der Waals surface area contributed by atoms with Crippen LogP contribution in [-0.2, 0) is 25.5 Å². The molecule has 0 fully saturated rings. The maximum absolute atomic E-state index is 12.2. The molecular formula is C18H27N3O4. The average molecular weight is 349 g/mol. The summed E-state index contributed by atoms with van der Waals surface area (Å²) >= 11 is 0. The smallest absolute Gasteiger partial charge is 0.328 e. The Morgan fingerprint density at radius 1 is 1.04 bits per heavy atom. The zero-order valence-electron chi connectivity index (χ0n) is 15.1. The maximum Gasteiger partial charge on any atom is 0.328 e. The molecule has 0 aromatic heterocycles. The summed E-state index contributed by atoms with van der Waals surface area (Å²) in [6.07, 6.45) is 0.373. The minimum Gasteiger partial charge on any atom is -0.467 e. The molecule has 1 rings (SSSR count). The molecule has 0 saturated carbocycles. The lowest BCUT2D eigenvalue weighted by Crippen LogP contribution is -2.54. The second-order valence-corrected chi connectivity index (χ2v) is 6.28. The Kier molecular flexibility index (Phi) is 8.07. The molecule has 0 spiro atoms. The Morgan fingerprint density at radius 2 is 1.64 bits per heavy atom. The van der Waals surface area contributed by atoms with Crippen molar-refractivity contribution in [1.82, 2.24) is 10.6 Å². The molecule has 0 heterocycles. The van der Waals surface area contributed by atoms with Gasteiger partial charge >= 0.3 is 5.97 Å². The van der Waals surface area contributed by atoms with Gasteiger partial charge in [-0.05, 0) is 24.8 Å². The molecule has 0 unspecified atom stereocenters. The predicted octanol–water partition coefficient (Wildman–Crippen LogP) is 0.375. The van der Waals surface area contributed by atoms with Crippen LogP contribution < -0.4 is 16.4 Å². The Balaban J connectivity index is 2.58. The first-order valence-corrected chi connectivity index (χ1v) is 8.24. The maximum atomic E-state index is 12.2. The fourth-order valence-corrected chi connectivity index (χ4v) is 2.25. The van der Waals surface area contributed by atoms with Crippen LogP contribution in [0, 0.1) is 5.92 Å². The lowest BCUT2D eigenvalue weighted by molar-refractivity contribution is -0.146. The molecule has 1 aromatic rings. The van der Waals surface area contributed by atoms with Crippen LogP contribution in [-0.4, -0.2) is 43.0 Å². The summed E-state index contributed by atoms with van der Waals surface area (Å²) in [6.45, 7) is 5.12. The van der Waals surface area contributed by atoms with E-state index in [4.69, 9.17) is 5.73 Å². The van der Waals surface area contributed by atoms with Crippen LogP contribution in [0.1, 0.15) is 26.3 Å². The molecule has 1 aromatic carbocycles. The van der Waals surface area contributed by atoms with Crippen LogP contribution >= 0.6 is 0 Å². The summed E-state index contributed by atoms with van der Waals surface area (Å²) < 4.78 is 4.68. The third-order valence-corrected chi connectivity index (χ3v) is 3.81. The third kappa shape index (κ3) is 6.54. The standard InChI is InChI=1S/C18H27N3O4/c1-11(2)15(18(24)25-4)21-16(22)12(3)20-17(23)14(19)10-13-8-6-5-7-9-13/h5-9,11-12,14-15H,10,19H2,1-4H3,(H,20,23)(H,21,22)/t12-,14-,15-/m0/s1. The van der Waals surface area contributed by atoms with E-state index in [2.05, 4.69) is 15.4 Å².